The van der Waals surface area contributed by atoms with Crippen molar-refractivity contribution in [3.05, 3.63) is 11.7 Å². The summed E-state index contributed by atoms with van der Waals surface area (Å²) in [6, 6.07) is 0. The molecule has 0 radical (unpaired) electrons. The normalized spacial score (nSPS) is 13.4. The first-order valence-electron chi connectivity index (χ1n) is 5.82. The molecule has 5 heteroatoms. The zero-order valence-corrected chi connectivity index (χ0v) is 11.6. The zero-order valence-electron chi connectivity index (χ0n) is 11.6. The summed E-state index contributed by atoms with van der Waals surface area (Å²) in [6.45, 7) is 10.8. The van der Waals surface area contributed by atoms with Gasteiger partial charge in [0, 0.05) is 12.0 Å². The molecule has 1 aromatic heterocycles. The summed E-state index contributed by atoms with van der Waals surface area (Å²) in [6.07, 6.45) is 0. The van der Waals surface area contributed by atoms with Gasteiger partial charge in [-0.15, -0.1) is 0 Å². The van der Waals surface area contributed by atoms with Gasteiger partial charge in [-0.25, -0.2) is 0 Å². The number of aromatic nitrogens is 2. The molecule has 1 aromatic rings. The van der Waals surface area contributed by atoms with Crippen LogP contribution in [0.3, 0.4) is 0 Å². The minimum Gasteiger partial charge on any atom is -0.389 e. The minimum absolute atomic E-state index is 0.125. The van der Waals surface area contributed by atoms with E-state index >= 15 is 0 Å². The number of rotatable bonds is 4. The summed E-state index contributed by atoms with van der Waals surface area (Å²) >= 11 is 0. The maximum absolute atomic E-state index is 9.69. The number of hydrogen-bond acceptors (Lipinski definition) is 5. The lowest BCUT2D eigenvalue weighted by Gasteiger charge is -2.24. The van der Waals surface area contributed by atoms with Gasteiger partial charge in [-0.2, -0.15) is 4.98 Å². The second-order valence-corrected chi connectivity index (χ2v) is 6.25. The van der Waals surface area contributed by atoms with Crippen LogP contribution in [0.1, 0.15) is 46.3 Å². The Balaban J connectivity index is 2.61. The minimum atomic E-state index is -0.717. The molecule has 0 saturated carbocycles. The van der Waals surface area contributed by atoms with Crippen molar-refractivity contribution in [1.82, 2.24) is 15.0 Å². The van der Waals surface area contributed by atoms with Gasteiger partial charge in [-0.3, -0.25) is 4.90 Å². The van der Waals surface area contributed by atoms with E-state index in [0.717, 1.165) is 0 Å². The van der Waals surface area contributed by atoms with Crippen LogP contribution in [0.5, 0.6) is 0 Å². The van der Waals surface area contributed by atoms with Crippen molar-refractivity contribution >= 4 is 0 Å². The maximum Gasteiger partial charge on any atom is 0.232 e. The Morgan fingerprint density at radius 1 is 1.24 bits per heavy atom. The molecular weight excluding hydrogens is 218 g/mol. The van der Waals surface area contributed by atoms with Crippen LogP contribution >= 0.6 is 0 Å². The van der Waals surface area contributed by atoms with Crippen LogP contribution in [-0.2, 0) is 12.0 Å². The fourth-order valence-corrected chi connectivity index (χ4v) is 1.58. The van der Waals surface area contributed by atoms with Gasteiger partial charge in [-0.05, 0) is 20.9 Å². The summed E-state index contributed by atoms with van der Waals surface area (Å²) in [4.78, 5) is 6.32. The molecule has 0 atom stereocenters. The monoisotopic (exact) mass is 241 g/mol. The first-order chi connectivity index (χ1) is 7.58. The summed E-state index contributed by atoms with van der Waals surface area (Å²) in [5.74, 6) is 1.30. The van der Waals surface area contributed by atoms with Crippen molar-refractivity contribution in [3.63, 3.8) is 0 Å². The van der Waals surface area contributed by atoms with Crippen molar-refractivity contribution < 1.29 is 9.63 Å². The standard InChI is InChI=1S/C12H23N3O2/c1-11(2,3)10-13-9(14-17-10)7-15(6)8-12(4,5)16/h16H,7-8H2,1-6H3. The van der Waals surface area contributed by atoms with Crippen molar-refractivity contribution in [2.45, 2.75) is 52.2 Å². The fraction of sp³-hybridized carbons (Fsp3) is 0.833. The zero-order chi connectivity index (χ0) is 13.3. The summed E-state index contributed by atoms with van der Waals surface area (Å²) in [7, 11) is 1.92. The van der Waals surface area contributed by atoms with E-state index in [1.165, 1.54) is 0 Å². The molecule has 0 fully saturated rings. The molecular formula is C12H23N3O2. The van der Waals surface area contributed by atoms with Gasteiger partial charge in [0.15, 0.2) is 5.82 Å². The molecule has 5 nitrogen and oxygen atoms in total. The highest BCUT2D eigenvalue weighted by Gasteiger charge is 2.23. The molecule has 0 amide bonds. The first-order valence-corrected chi connectivity index (χ1v) is 5.82. The highest BCUT2D eigenvalue weighted by atomic mass is 16.5. The van der Waals surface area contributed by atoms with E-state index in [9.17, 15) is 5.11 Å². The number of hydrogen-bond donors (Lipinski definition) is 1. The van der Waals surface area contributed by atoms with E-state index in [1.54, 1.807) is 13.8 Å². The Kier molecular flexibility index (Phi) is 3.94. The number of nitrogens with zero attached hydrogens (tertiary/aromatic N) is 3. The van der Waals surface area contributed by atoms with Crippen molar-refractivity contribution in [2.24, 2.45) is 0 Å². The Bertz CT molecular complexity index is 361. The molecule has 1 heterocycles. The predicted molar refractivity (Wildman–Crippen MR) is 65.6 cm³/mol. The molecule has 98 valence electrons. The van der Waals surface area contributed by atoms with Crippen LogP contribution in [0.25, 0.3) is 0 Å². The van der Waals surface area contributed by atoms with Crippen LogP contribution in [0, 0.1) is 0 Å². The molecule has 0 saturated heterocycles. The number of aliphatic hydroxyl groups is 1. The Hall–Kier alpha value is -0.940. The SMILES string of the molecule is CN(Cc1noc(C(C)(C)C)n1)CC(C)(C)O. The van der Waals surface area contributed by atoms with Crippen LogP contribution in [0.15, 0.2) is 4.52 Å². The number of likely N-dealkylation sites (N-methyl/N-ethyl adjacent to an activating group) is 1. The molecule has 1 rings (SSSR count). The Morgan fingerprint density at radius 2 is 1.82 bits per heavy atom. The lowest BCUT2D eigenvalue weighted by Crippen LogP contribution is -2.36. The molecule has 0 unspecified atom stereocenters. The van der Waals surface area contributed by atoms with Gasteiger partial charge in [0.1, 0.15) is 0 Å². The van der Waals surface area contributed by atoms with Crippen molar-refractivity contribution in [1.29, 1.82) is 0 Å². The van der Waals surface area contributed by atoms with Crippen LogP contribution < -0.4 is 0 Å². The second-order valence-electron chi connectivity index (χ2n) is 6.25. The van der Waals surface area contributed by atoms with Gasteiger partial charge in [0.25, 0.3) is 0 Å². The summed E-state index contributed by atoms with van der Waals surface area (Å²) < 4.78 is 5.21. The van der Waals surface area contributed by atoms with Gasteiger partial charge in [0.05, 0.1) is 12.1 Å². The summed E-state index contributed by atoms with van der Waals surface area (Å²) in [5, 5.41) is 13.6. The van der Waals surface area contributed by atoms with Crippen LogP contribution in [0.2, 0.25) is 0 Å². The van der Waals surface area contributed by atoms with Crippen molar-refractivity contribution in [3.8, 4) is 0 Å². The molecule has 0 aliphatic heterocycles. The quantitative estimate of drug-likeness (QED) is 0.867. The van der Waals surface area contributed by atoms with Gasteiger partial charge in [-0.1, -0.05) is 25.9 Å². The molecule has 17 heavy (non-hydrogen) atoms. The highest BCUT2D eigenvalue weighted by Crippen LogP contribution is 2.20. The third-order valence-corrected chi connectivity index (χ3v) is 2.18. The molecule has 0 bridgehead atoms. The molecule has 0 spiro atoms. The van der Waals surface area contributed by atoms with Crippen LogP contribution in [0.4, 0.5) is 0 Å². The lowest BCUT2D eigenvalue weighted by atomic mass is 9.97. The Labute approximate surface area is 103 Å². The topological polar surface area (TPSA) is 62.4 Å². The summed E-state index contributed by atoms with van der Waals surface area (Å²) in [5.41, 5.74) is -0.842. The molecule has 1 N–H and O–H groups in total. The Morgan fingerprint density at radius 3 is 2.24 bits per heavy atom. The van der Waals surface area contributed by atoms with E-state index in [4.69, 9.17) is 4.52 Å². The van der Waals surface area contributed by atoms with E-state index in [0.29, 0.717) is 24.8 Å². The first kappa shape index (κ1) is 14.1. The highest BCUT2D eigenvalue weighted by molar-refractivity contribution is 4.98. The fourth-order valence-electron chi connectivity index (χ4n) is 1.58. The van der Waals surface area contributed by atoms with Gasteiger partial charge in [0.2, 0.25) is 5.89 Å². The smallest absolute Gasteiger partial charge is 0.232 e. The van der Waals surface area contributed by atoms with Gasteiger partial charge >= 0.3 is 0 Å². The molecule has 0 aliphatic rings. The van der Waals surface area contributed by atoms with Crippen molar-refractivity contribution in [2.75, 3.05) is 13.6 Å². The van der Waals surface area contributed by atoms with Crippen LogP contribution in [-0.4, -0.2) is 39.3 Å². The largest absolute Gasteiger partial charge is 0.389 e. The van der Waals surface area contributed by atoms with E-state index in [1.807, 2.05) is 32.7 Å². The lowest BCUT2D eigenvalue weighted by molar-refractivity contribution is 0.0416. The molecule has 0 aliphatic carbocycles. The maximum atomic E-state index is 9.69. The third-order valence-electron chi connectivity index (χ3n) is 2.18. The molecule has 0 aromatic carbocycles. The third kappa shape index (κ3) is 4.83. The van der Waals surface area contributed by atoms with E-state index in [2.05, 4.69) is 10.1 Å². The predicted octanol–water partition coefficient (Wildman–Crippen LogP) is 1.57. The van der Waals surface area contributed by atoms with E-state index < -0.39 is 5.60 Å². The average Bonchev–Trinajstić information content (AvgIpc) is 2.47. The van der Waals surface area contributed by atoms with Gasteiger partial charge < -0.3 is 9.63 Å². The average molecular weight is 241 g/mol. The second kappa shape index (κ2) is 4.74. The van der Waals surface area contributed by atoms with E-state index in [-0.39, 0.29) is 5.41 Å².